The third kappa shape index (κ3) is 8.49. The monoisotopic (exact) mass is 547 g/mol. The summed E-state index contributed by atoms with van der Waals surface area (Å²) in [5.74, 6) is -1.97. The van der Waals surface area contributed by atoms with Crippen LogP contribution in [0, 0.1) is 0 Å². The van der Waals surface area contributed by atoms with Gasteiger partial charge in [-0.05, 0) is 57.0 Å². The van der Waals surface area contributed by atoms with Crippen LogP contribution in [0.25, 0.3) is 0 Å². The number of ketones is 1. The Labute approximate surface area is 232 Å². The van der Waals surface area contributed by atoms with Crippen molar-refractivity contribution in [2.24, 2.45) is 0 Å². The first-order valence-electron chi connectivity index (χ1n) is 12.9. The van der Waals surface area contributed by atoms with Gasteiger partial charge in [0.1, 0.15) is 18.0 Å². The van der Waals surface area contributed by atoms with Crippen molar-refractivity contribution in [3.63, 3.8) is 0 Å². The second-order valence-corrected chi connectivity index (χ2v) is 10.3. The Morgan fingerprint density at radius 1 is 0.975 bits per heavy atom. The molecule has 3 aromatic rings. The van der Waals surface area contributed by atoms with Gasteiger partial charge in [0.2, 0.25) is 0 Å². The highest BCUT2D eigenvalue weighted by Crippen LogP contribution is 2.21. The molecule has 2 aromatic carbocycles. The van der Waals surface area contributed by atoms with E-state index in [2.05, 4.69) is 17.2 Å². The number of halogens is 1. The maximum Gasteiger partial charge on any atom is 0.308 e. The molecule has 3 rings (SSSR count). The van der Waals surface area contributed by atoms with Crippen molar-refractivity contribution in [3.8, 4) is 0 Å². The molecule has 1 aromatic heterocycles. The molecule has 0 aliphatic rings. The number of allylic oxidation sites excluding steroid dienone is 1. The molecule has 0 spiro atoms. The lowest BCUT2D eigenvalue weighted by atomic mass is 10.0. The Balaban J connectivity index is 1.93. The molecule has 0 fully saturated rings. The molecule has 40 heavy (non-hydrogen) atoms. The Kier molecular flexibility index (Phi) is 10.1. The normalized spacial score (nSPS) is 12.6. The molecule has 0 aliphatic heterocycles. The number of hydrogen-bond acceptors (Lipinski definition) is 6. The van der Waals surface area contributed by atoms with Crippen LogP contribution in [-0.4, -0.2) is 40.5 Å². The quantitative estimate of drug-likeness (QED) is 0.321. The minimum absolute atomic E-state index is 0.0485. The van der Waals surface area contributed by atoms with Crippen molar-refractivity contribution in [2.45, 2.75) is 51.3 Å². The van der Waals surface area contributed by atoms with Crippen LogP contribution in [0.2, 0.25) is 0 Å². The molecule has 8 nitrogen and oxygen atoms in total. The van der Waals surface area contributed by atoms with E-state index in [4.69, 9.17) is 4.74 Å². The highest BCUT2D eigenvalue weighted by Gasteiger charge is 2.28. The third-order valence-electron chi connectivity index (χ3n) is 5.94. The molecule has 0 saturated carbocycles. The second-order valence-electron chi connectivity index (χ2n) is 10.3. The van der Waals surface area contributed by atoms with Gasteiger partial charge in [0.15, 0.2) is 5.78 Å². The highest BCUT2D eigenvalue weighted by atomic mass is 19.1. The van der Waals surface area contributed by atoms with Crippen molar-refractivity contribution < 1.29 is 23.5 Å². The van der Waals surface area contributed by atoms with E-state index in [0.717, 1.165) is 5.56 Å². The van der Waals surface area contributed by atoms with Crippen LogP contribution in [0.1, 0.15) is 49.2 Å². The molecule has 210 valence electrons. The largest absolute Gasteiger partial charge is 0.460 e. The molecule has 2 atom stereocenters. The summed E-state index contributed by atoms with van der Waals surface area (Å²) in [6.07, 6.45) is 1.41. The summed E-state index contributed by atoms with van der Waals surface area (Å²) in [7, 11) is 0. The molecular formula is C31H34FN3O5. The maximum absolute atomic E-state index is 13.6. The van der Waals surface area contributed by atoms with Crippen LogP contribution in [0.4, 0.5) is 10.1 Å². The smallest absolute Gasteiger partial charge is 0.308 e. The van der Waals surface area contributed by atoms with Gasteiger partial charge < -0.3 is 19.9 Å². The number of alkyl halides is 1. The SMILES string of the molecule is C=C(NC(CC(=O)OC(C)(C)C)C(=O)CF)[C@H](Cc1ccccc1)n1cccc(NC(=O)c2ccccc2)c1=O. The van der Waals surface area contributed by atoms with Crippen LogP contribution < -0.4 is 16.2 Å². The van der Waals surface area contributed by atoms with Gasteiger partial charge in [0.25, 0.3) is 11.5 Å². The number of carbonyl (C=O) groups excluding carboxylic acids is 3. The first-order valence-corrected chi connectivity index (χ1v) is 12.9. The summed E-state index contributed by atoms with van der Waals surface area (Å²) >= 11 is 0. The van der Waals surface area contributed by atoms with Crippen LogP contribution in [0.5, 0.6) is 0 Å². The van der Waals surface area contributed by atoms with Crippen molar-refractivity contribution in [2.75, 3.05) is 12.0 Å². The zero-order valence-corrected chi connectivity index (χ0v) is 22.9. The Morgan fingerprint density at radius 2 is 1.60 bits per heavy atom. The van der Waals surface area contributed by atoms with Gasteiger partial charge in [0.05, 0.1) is 18.5 Å². The lowest BCUT2D eigenvalue weighted by Crippen LogP contribution is -2.43. The fourth-order valence-corrected chi connectivity index (χ4v) is 4.07. The van der Waals surface area contributed by atoms with Gasteiger partial charge >= 0.3 is 5.97 Å². The predicted octanol–water partition coefficient (Wildman–Crippen LogP) is 4.63. The van der Waals surface area contributed by atoms with Gasteiger partial charge in [-0.2, -0.15) is 0 Å². The van der Waals surface area contributed by atoms with E-state index in [1.54, 1.807) is 63.4 Å². The number of esters is 1. The number of anilines is 1. The number of benzene rings is 2. The number of aromatic nitrogens is 1. The molecule has 1 heterocycles. The maximum atomic E-state index is 13.6. The van der Waals surface area contributed by atoms with Gasteiger partial charge in [0, 0.05) is 17.5 Å². The number of carbonyl (C=O) groups is 3. The summed E-state index contributed by atoms with van der Waals surface area (Å²) in [4.78, 5) is 51.2. The number of rotatable bonds is 12. The fraction of sp³-hybridized carbons (Fsp3) is 0.290. The zero-order valence-electron chi connectivity index (χ0n) is 22.9. The minimum atomic E-state index is -1.29. The van der Waals surface area contributed by atoms with Crippen LogP contribution in [0.15, 0.2) is 96.1 Å². The number of ether oxygens (including phenoxy) is 1. The molecule has 1 unspecified atom stereocenters. The molecule has 0 aliphatic carbocycles. The Bertz CT molecular complexity index is 1400. The molecule has 9 heteroatoms. The highest BCUT2D eigenvalue weighted by molar-refractivity contribution is 6.04. The molecule has 0 bridgehead atoms. The standard InChI is InChI=1S/C31H34FN3O5/c1-21(33-25(27(36)20-32)19-28(37)40-31(2,3)4)26(18-22-12-7-5-8-13-22)35-17-11-16-24(30(35)39)34-29(38)23-14-9-6-10-15-23/h5-17,25-26,33H,1,18-20H2,2-4H3,(H,34,38)/t25?,26-/m0/s1. The number of nitrogens with one attached hydrogen (secondary N) is 2. The van der Waals surface area contributed by atoms with E-state index in [0.29, 0.717) is 5.56 Å². The first kappa shape index (κ1) is 30.0. The average Bonchev–Trinajstić information content (AvgIpc) is 2.92. The van der Waals surface area contributed by atoms with E-state index in [9.17, 15) is 23.6 Å². The Hall–Kier alpha value is -4.53. The van der Waals surface area contributed by atoms with Crippen LogP contribution in [-0.2, 0) is 20.7 Å². The van der Waals surface area contributed by atoms with Crippen LogP contribution in [0.3, 0.4) is 0 Å². The van der Waals surface area contributed by atoms with Gasteiger partial charge in [-0.15, -0.1) is 0 Å². The number of amides is 1. The number of Topliss-reactive ketones (excluding diaryl/α,β-unsaturated/α-hetero) is 1. The second kappa shape index (κ2) is 13.5. The summed E-state index contributed by atoms with van der Waals surface area (Å²) in [5.41, 5.74) is 0.224. The number of hydrogen-bond donors (Lipinski definition) is 2. The lowest BCUT2D eigenvalue weighted by molar-refractivity contribution is -0.156. The molecule has 1 amide bonds. The molecule has 2 N–H and O–H groups in total. The lowest BCUT2D eigenvalue weighted by Gasteiger charge is -2.28. The predicted molar refractivity (Wildman–Crippen MR) is 152 cm³/mol. The zero-order chi connectivity index (χ0) is 29.3. The third-order valence-corrected chi connectivity index (χ3v) is 5.94. The number of pyridine rings is 1. The van der Waals surface area contributed by atoms with E-state index in [1.165, 1.54) is 10.6 Å². The van der Waals surface area contributed by atoms with Gasteiger partial charge in [-0.25, -0.2) is 4.39 Å². The van der Waals surface area contributed by atoms with Crippen molar-refractivity contribution in [3.05, 3.63) is 113 Å². The minimum Gasteiger partial charge on any atom is -0.460 e. The first-order chi connectivity index (χ1) is 19.0. The van der Waals surface area contributed by atoms with E-state index >= 15 is 0 Å². The molecular weight excluding hydrogens is 513 g/mol. The van der Waals surface area contributed by atoms with Crippen LogP contribution >= 0.6 is 0 Å². The average molecular weight is 548 g/mol. The van der Waals surface area contributed by atoms with Gasteiger partial charge in [-0.1, -0.05) is 55.1 Å². The molecule has 0 radical (unpaired) electrons. The summed E-state index contributed by atoms with van der Waals surface area (Å²) in [5, 5.41) is 5.54. The van der Waals surface area contributed by atoms with Crippen molar-refractivity contribution >= 4 is 23.3 Å². The summed E-state index contributed by atoms with van der Waals surface area (Å²) < 4.78 is 20.2. The van der Waals surface area contributed by atoms with E-state index in [-0.39, 0.29) is 17.8 Å². The van der Waals surface area contributed by atoms with E-state index < -0.39 is 54.0 Å². The fourth-order valence-electron chi connectivity index (χ4n) is 4.07. The van der Waals surface area contributed by atoms with Crippen molar-refractivity contribution in [1.82, 2.24) is 9.88 Å². The van der Waals surface area contributed by atoms with Crippen molar-refractivity contribution in [1.29, 1.82) is 0 Å². The summed E-state index contributed by atoms with van der Waals surface area (Å²) in [6.45, 7) is 7.84. The Morgan fingerprint density at radius 3 is 2.20 bits per heavy atom. The van der Waals surface area contributed by atoms with Gasteiger partial charge in [-0.3, -0.25) is 19.2 Å². The number of nitrogens with zero attached hydrogens (tertiary/aromatic N) is 1. The molecule has 0 saturated heterocycles. The summed E-state index contributed by atoms with van der Waals surface area (Å²) in [6, 6.07) is 18.9. The topological polar surface area (TPSA) is 106 Å². The van der Waals surface area contributed by atoms with E-state index in [1.807, 2.05) is 30.3 Å².